The van der Waals surface area contributed by atoms with Crippen molar-refractivity contribution in [3.05, 3.63) is 12.2 Å². The van der Waals surface area contributed by atoms with Gasteiger partial charge in [0.25, 0.3) is 0 Å². The summed E-state index contributed by atoms with van der Waals surface area (Å²) in [5.41, 5.74) is 0. The maximum Gasteiger partial charge on any atom is 0.311 e. The van der Waals surface area contributed by atoms with E-state index in [2.05, 4.69) is 6.08 Å². The van der Waals surface area contributed by atoms with Crippen LogP contribution in [0.15, 0.2) is 12.2 Å². The molecule has 1 fully saturated rings. The molecule has 1 unspecified atom stereocenters. The van der Waals surface area contributed by atoms with Gasteiger partial charge in [-0.2, -0.15) is 9.78 Å². The monoisotopic (exact) mass is 214 g/mol. The number of carboxylic acids is 1. The number of hydrogen-bond donors (Lipinski definition) is 1. The quantitative estimate of drug-likeness (QED) is 0.306. The second-order valence-electron chi connectivity index (χ2n) is 3.85. The maximum atomic E-state index is 10.7. The van der Waals surface area contributed by atoms with E-state index < -0.39 is 17.7 Å². The largest absolute Gasteiger partial charge is 0.481 e. The van der Waals surface area contributed by atoms with Gasteiger partial charge in [-0.15, -0.1) is 0 Å². The summed E-state index contributed by atoms with van der Waals surface area (Å²) in [5, 5.41) is 8.83. The normalized spacial score (nSPS) is 20.4. The van der Waals surface area contributed by atoms with Crippen LogP contribution in [0.2, 0.25) is 0 Å². The van der Waals surface area contributed by atoms with E-state index in [1.165, 1.54) is 0 Å². The molecule has 1 atom stereocenters. The standard InChI is InChI=1S/C11H18O4/c1-3-4-5-6-7-8-11(14-15-11)9(2)10(12)13/h3-4,9H,5-8H2,1-2H3,(H,12,13). The fourth-order valence-electron chi connectivity index (χ4n) is 1.49. The summed E-state index contributed by atoms with van der Waals surface area (Å²) in [6.45, 7) is 3.60. The number of rotatable bonds is 7. The Labute approximate surface area is 89.8 Å². The Balaban J connectivity index is 2.23. The van der Waals surface area contributed by atoms with Crippen molar-refractivity contribution < 1.29 is 19.7 Å². The van der Waals surface area contributed by atoms with Gasteiger partial charge in [0.2, 0.25) is 5.79 Å². The number of aliphatic carboxylic acids is 1. The minimum Gasteiger partial charge on any atom is -0.481 e. The minimum atomic E-state index is -0.874. The first-order valence-corrected chi connectivity index (χ1v) is 5.33. The van der Waals surface area contributed by atoms with Crippen LogP contribution in [0.3, 0.4) is 0 Å². The van der Waals surface area contributed by atoms with Gasteiger partial charge in [-0.1, -0.05) is 12.2 Å². The first kappa shape index (κ1) is 12.2. The average molecular weight is 214 g/mol. The van der Waals surface area contributed by atoms with Crippen LogP contribution in [0.25, 0.3) is 0 Å². The van der Waals surface area contributed by atoms with Crippen molar-refractivity contribution in [1.82, 2.24) is 0 Å². The second kappa shape index (κ2) is 5.28. The molecule has 0 aromatic rings. The van der Waals surface area contributed by atoms with E-state index in [0.29, 0.717) is 6.42 Å². The SMILES string of the molecule is CC=CCCCCC1(C(C)C(=O)O)OO1. The van der Waals surface area contributed by atoms with E-state index in [0.717, 1.165) is 19.3 Å². The molecule has 0 spiro atoms. The molecule has 0 aliphatic carbocycles. The first-order chi connectivity index (χ1) is 7.12. The van der Waals surface area contributed by atoms with Crippen LogP contribution in [-0.4, -0.2) is 16.9 Å². The van der Waals surface area contributed by atoms with Gasteiger partial charge < -0.3 is 5.11 Å². The van der Waals surface area contributed by atoms with Gasteiger partial charge in [0.05, 0.1) is 0 Å². The van der Waals surface area contributed by atoms with E-state index in [1.807, 2.05) is 13.0 Å². The molecule has 1 saturated heterocycles. The number of allylic oxidation sites excluding steroid dienone is 2. The van der Waals surface area contributed by atoms with Crippen molar-refractivity contribution in [2.45, 2.75) is 45.3 Å². The Bertz CT molecular complexity index is 243. The van der Waals surface area contributed by atoms with Crippen molar-refractivity contribution >= 4 is 5.97 Å². The molecule has 1 aliphatic rings. The zero-order valence-corrected chi connectivity index (χ0v) is 9.23. The van der Waals surface area contributed by atoms with Crippen LogP contribution in [-0.2, 0) is 14.6 Å². The van der Waals surface area contributed by atoms with E-state index in [-0.39, 0.29) is 0 Å². The van der Waals surface area contributed by atoms with Gasteiger partial charge in [-0.3, -0.25) is 4.79 Å². The predicted molar refractivity (Wildman–Crippen MR) is 55.0 cm³/mol. The Morgan fingerprint density at radius 3 is 2.60 bits per heavy atom. The summed E-state index contributed by atoms with van der Waals surface area (Å²) in [5.74, 6) is -2.32. The molecular weight excluding hydrogens is 196 g/mol. The fraction of sp³-hybridized carbons (Fsp3) is 0.727. The van der Waals surface area contributed by atoms with Crippen LogP contribution in [0.4, 0.5) is 0 Å². The van der Waals surface area contributed by atoms with Gasteiger partial charge in [0.1, 0.15) is 5.92 Å². The molecule has 0 aromatic heterocycles. The molecule has 0 saturated carbocycles. The highest BCUT2D eigenvalue weighted by Crippen LogP contribution is 2.42. The molecule has 1 N–H and O–H groups in total. The van der Waals surface area contributed by atoms with Crippen LogP contribution in [0.5, 0.6) is 0 Å². The summed E-state index contributed by atoms with van der Waals surface area (Å²) < 4.78 is 0. The third-order valence-electron chi connectivity index (χ3n) is 2.71. The first-order valence-electron chi connectivity index (χ1n) is 5.33. The molecule has 4 heteroatoms. The predicted octanol–water partition coefficient (Wildman–Crippen LogP) is 2.50. The lowest BCUT2D eigenvalue weighted by Gasteiger charge is -2.10. The molecule has 4 nitrogen and oxygen atoms in total. The Morgan fingerprint density at radius 1 is 1.47 bits per heavy atom. The molecular formula is C11H18O4. The van der Waals surface area contributed by atoms with Gasteiger partial charge >= 0.3 is 5.97 Å². The summed E-state index contributed by atoms with van der Waals surface area (Å²) in [7, 11) is 0. The lowest BCUT2D eigenvalue weighted by Crippen LogP contribution is -2.28. The molecule has 15 heavy (non-hydrogen) atoms. The Hall–Kier alpha value is -0.870. The summed E-state index contributed by atoms with van der Waals surface area (Å²) in [4.78, 5) is 20.4. The second-order valence-corrected chi connectivity index (χ2v) is 3.85. The number of carboxylic acid groups (broad SMARTS) is 1. The van der Waals surface area contributed by atoms with E-state index in [1.54, 1.807) is 6.92 Å². The van der Waals surface area contributed by atoms with Gasteiger partial charge in [-0.05, 0) is 33.1 Å². The highest BCUT2D eigenvalue weighted by molar-refractivity contribution is 5.71. The zero-order valence-electron chi connectivity index (χ0n) is 9.23. The van der Waals surface area contributed by atoms with Gasteiger partial charge in [-0.25, -0.2) is 0 Å². The van der Waals surface area contributed by atoms with Crippen LogP contribution < -0.4 is 0 Å². The lowest BCUT2D eigenvalue weighted by molar-refractivity contribution is -0.143. The lowest BCUT2D eigenvalue weighted by atomic mass is 9.96. The summed E-state index contributed by atoms with van der Waals surface area (Å²) in [6.07, 6.45) is 7.74. The fourth-order valence-corrected chi connectivity index (χ4v) is 1.49. The summed E-state index contributed by atoms with van der Waals surface area (Å²) >= 11 is 0. The number of carbonyl (C=O) groups is 1. The molecule has 0 amide bonds. The van der Waals surface area contributed by atoms with Crippen molar-refractivity contribution in [3.8, 4) is 0 Å². The van der Waals surface area contributed by atoms with Crippen molar-refractivity contribution in [3.63, 3.8) is 0 Å². The molecule has 1 aliphatic heterocycles. The van der Waals surface area contributed by atoms with Crippen molar-refractivity contribution in [2.75, 3.05) is 0 Å². The van der Waals surface area contributed by atoms with E-state index in [4.69, 9.17) is 14.9 Å². The molecule has 0 bridgehead atoms. The zero-order chi connectivity index (χ0) is 11.3. The van der Waals surface area contributed by atoms with Gasteiger partial charge in [0, 0.05) is 6.42 Å². The summed E-state index contributed by atoms with van der Waals surface area (Å²) in [6, 6.07) is 0. The smallest absolute Gasteiger partial charge is 0.311 e. The molecule has 1 rings (SSSR count). The topological polar surface area (TPSA) is 62.4 Å². The highest BCUT2D eigenvalue weighted by Gasteiger charge is 2.56. The van der Waals surface area contributed by atoms with Crippen LogP contribution in [0.1, 0.15) is 39.5 Å². The third-order valence-corrected chi connectivity index (χ3v) is 2.71. The number of hydrogen-bond acceptors (Lipinski definition) is 3. The highest BCUT2D eigenvalue weighted by atomic mass is 17.4. The average Bonchev–Trinajstić information content (AvgIpc) is 2.97. The van der Waals surface area contributed by atoms with Crippen molar-refractivity contribution in [1.29, 1.82) is 0 Å². The molecule has 0 radical (unpaired) electrons. The number of unbranched alkanes of at least 4 members (excludes halogenated alkanes) is 2. The molecule has 1 heterocycles. The van der Waals surface area contributed by atoms with Gasteiger partial charge in [0.15, 0.2) is 0 Å². The van der Waals surface area contributed by atoms with Crippen LogP contribution in [0, 0.1) is 5.92 Å². The maximum absolute atomic E-state index is 10.7. The van der Waals surface area contributed by atoms with E-state index in [9.17, 15) is 4.79 Å². The molecule has 0 aromatic carbocycles. The van der Waals surface area contributed by atoms with Crippen molar-refractivity contribution in [2.24, 2.45) is 5.92 Å². The van der Waals surface area contributed by atoms with Crippen LogP contribution >= 0.6 is 0 Å². The molecule has 86 valence electrons. The minimum absolute atomic E-state index is 0.598. The Kier molecular flexibility index (Phi) is 4.29. The third kappa shape index (κ3) is 3.32. The Morgan fingerprint density at radius 2 is 2.13 bits per heavy atom. The van der Waals surface area contributed by atoms with E-state index >= 15 is 0 Å².